The van der Waals surface area contributed by atoms with Gasteiger partial charge in [0, 0.05) is 26.1 Å². The van der Waals surface area contributed by atoms with Crippen LogP contribution in [0.15, 0.2) is 24.3 Å². The number of nitrogens with zero attached hydrogens (tertiary/aromatic N) is 1. The molecular formula is C16H25FN2O3S. The maximum absolute atomic E-state index is 12.8. The monoisotopic (exact) mass is 344 g/mol. The van der Waals surface area contributed by atoms with Crippen molar-refractivity contribution in [2.24, 2.45) is 5.92 Å². The number of carbonyl (C=O) groups is 1. The molecule has 130 valence electrons. The van der Waals surface area contributed by atoms with Crippen molar-refractivity contribution in [3.63, 3.8) is 0 Å². The molecule has 23 heavy (non-hydrogen) atoms. The Morgan fingerprint density at radius 3 is 2.35 bits per heavy atom. The summed E-state index contributed by atoms with van der Waals surface area (Å²) in [5.74, 6) is -0.159. The molecule has 0 aromatic heterocycles. The summed E-state index contributed by atoms with van der Waals surface area (Å²) in [6, 6.07) is 5.86. The second-order valence-electron chi connectivity index (χ2n) is 6.00. The Bertz CT molecular complexity index is 600. The lowest BCUT2D eigenvalue weighted by molar-refractivity contribution is -0.121. The highest BCUT2D eigenvalue weighted by Gasteiger charge is 2.17. The molecule has 0 fully saturated rings. The van der Waals surface area contributed by atoms with Gasteiger partial charge in [0.1, 0.15) is 5.82 Å². The smallest absolute Gasteiger partial charge is 0.221 e. The van der Waals surface area contributed by atoms with Crippen molar-refractivity contribution in [3.05, 3.63) is 35.6 Å². The first-order chi connectivity index (χ1) is 10.7. The topological polar surface area (TPSA) is 66.5 Å². The van der Waals surface area contributed by atoms with Gasteiger partial charge in [-0.3, -0.25) is 4.79 Å². The zero-order valence-electron chi connectivity index (χ0n) is 13.9. The van der Waals surface area contributed by atoms with E-state index in [2.05, 4.69) is 5.32 Å². The van der Waals surface area contributed by atoms with Crippen LogP contribution in [0.4, 0.5) is 4.39 Å². The van der Waals surface area contributed by atoms with Crippen LogP contribution in [-0.4, -0.2) is 38.0 Å². The molecule has 1 N–H and O–H groups in total. The Balaban J connectivity index is 2.43. The molecule has 0 saturated heterocycles. The van der Waals surface area contributed by atoms with Crippen molar-refractivity contribution in [2.75, 3.05) is 19.3 Å². The minimum atomic E-state index is -3.32. The Morgan fingerprint density at radius 1 is 1.22 bits per heavy atom. The molecule has 1 rings (SSSR count). The van der Waals surface area contributed by atoms with E-state index in [0.29, 0.717) is 19.0 Å². The van der Waals surface area contributed by atoms with E-state index in [1.54, 1.807) is 12.1 Å². The normalized spacial score (nSPS) is 11.9. The number of benzene rings is 1. The second kappa shape index (κ2) is 8.98. The first kappa shape index (κ1) is 19.6. The van der Waals surface area contributed by atoms with E-state index >= 15 is 0 Å². The van der Waals surface area contributed by atoms with Crippen molar-refractivity contribution in [1.82, 2.24) is 9.62 Å². The first-order valence-corrected chi connectivity index (χ1v) is 9.49. The summed E-state index contributed by atoms with van der Waals surface area (Å²) in [5, 5.41) is 2.71. The molecular weight excluding hydrogens is 319 g/mol. The van der Waals surface area contributed by atoms with Crippen molar-refractivity contribution in [1.29, 1.82) is 0 Å². The Labute approximate surface area is 137 Å². The fourth-order valence-corrected chi connectivity index (χ4v) is 2.82. The summed E-state index contributed by atoms with van der Waals surface area (Å²) in [7, 11) is -3.32. The van der Waals surface area contributed by atoms with Crippen LogP contribution in [0.1, 0.15) is 32.3 Å². The maximum Gasteiger partial charge on any atom is 0.221 e. The lowest BCUT2D eigenvalue weighted by Gasteiger charge is -2.20. The number of carbonyl (C=O) groups excluding carboxylic acids is 1. The average Bonchev–Trinajstić information content (AvgIpc) is 2.44. The summed E-state index contributed by atoms with van der Waals surface area (Å²) in [6.07, 6.45) is 2.01. The lowest BCUT2D eigenvalue weighted by Crippen LogP contribution is -2.35. The number of halogens is 1. The van der Waals surface area contributed by atoms with Crippen LogP contribution in [0.3, 0.4) is 0 Å². The van der Waals surface area contributed by atoms with Crippen LogP contribution in [0.5, 0.6) is 0 Å². The summed E-state index contributed by atoms with van der Waals surface area (Å²) >= 11 is 0. The largest absolute Gasteiger partial charge is 0.352 e. The van der Waals surface area contributed by atoms with Crippen LogP contribution >= 0.6 is 0 Å². The number of hydrogen-bond donors (Lipinski definition) is 1. The molecule has 0 aliphatic carbocycles. The van der Waals surface area contributed by atoms with Crippen LogP contribution in [0, 0.1) is 11.7 Å². The van der Waals surface area contributed by atoms with E-state index in [4.69, 9.17) is 0 Å². The summed E-state index contributed by atoms with van der Waals surface area (Å²) in [6.45, 7) is 4.93. The summed E-state index contributed by atoms with van der Waals surface area (Å²) < 4.78 is 37.6. The predicted molar refractivity (Wildman–Crippen MR) is 88.7 cm³/mol. The van der Waals surface area contributed by atoms with Crippen LogP contribution in [0.2, 0.25) is 0 Å². The minimum Gasteiger partial charge on any atom is -0.352 e. The van der Waals surface area contributed by atoms with Gasteiger partial charge in [-0.2, -0.15) is 0 Å². The highest BCUT2D eigenvalue weighted by atomic mass is 32.2. The molecule has 0 atom stereocenters. The van der Waals surface area contributed by atoms with E-state index < -0.39 is 10.0 Å². The Kier molecular flexibility index (Phi) is 7.64. The number of rotatable bonds is 9. The Morgan fingerprint density at radius 2 is 1.83 bits per heavy atom. The van der Waals surface area contributed by atoms with E-state index in [0.717, 1.165) is 18.2 Å². The maximum atomic E-state index is 12.8. The van der Waals surface area contributed by atoms with Crippen LogP contribution in [0.25, 0.3) is 0 Å². The fourth-order valence-electron chi connectivity index (χ4n) is 1.96. The van der Waals surface area contributed by atoms with E-state index in [1.165, 1.54) is 16.4 Å². The molecule has 7 heteroatoms. The number of nitrogens with one attached hydrogen (secondary N) is 1. The number of sulfonamides is 1. The molecule has 1 aromatic rings. The standard InChI is InChI=1S/C16H25FN2O3S/c1-13(2)8-10-19(23(3,21)22)11-9-16(20)18-12-14-4-6-15(17)7-5-14/h4-7,13H,8-12H2,1-3H3,(H,18,20). The van der Waals surface area contributed by atoms with Gasteiger partial charge in [-0.15, -0.1) is 0 Å². The molecule has 0 aliphatic rings. The zero-order chi connectivity index (χ0) is 17.5. The molecule has 0 aliphatic heterocycles. The van der Waals surface area contributed by atoms with Gasteiger partial charge in [-0.1, -0.05) is 26.0 Å². The van der Waals surface area contributed by atoms with Gasteiger partial charge in [0.05, 0.1) is 6.26 Å². The fraction of sp³-hybridized carbons (Fsp3) is 0.562. The predicted octanol–water partition coefficient (Wildman–Crippen LogP) is 2.14. The second-order valence-corrected chi connectivity index (χ2v) is 7.98. The molecule has 5 nitrogen and oxygen atoms in total. The molecule has 0 bridgehead atoms. The van der Waals surface area contributed by atoms with Gasteiger partial charge in [-0.05, 0) is 30.0 Å². The third-order valence-corrected chi connectivity index (χ3v) is 4.72. The number of hydrogen-bond acceptors (Lipinski definition) is 3. The molecule has 0 spiro atoms. The average molecular weight is 344 g/mol. The molecule has 0 saturated carbocycles. The van der Waals surface area contributed by atoms with Crippen molar-refractivity contribution in [3.8, 4) is 0 Å². The highest BCUT2D eigenvalue weighted by molar-refractivity contribution is 7.88. The van der Waals surface area contributed by atoms with Crippen LogP contribution in [-0.2, 0) is 21.4 Å². The highest BCUT2D eigenvalue weighted by Crippen LogP contribution is 2.07. The molecule has 0 unspecified atom stereocenters. The quantitative estimate of drug-likeness (QED) is 0.746. The van der Waals surface area contributed by atoms with Gasteiger partial charge in [0.15, 0.2) is 0 Å². The molecule has 1 amide bonds. The SMILES string of the molecule is CC(C)CCN(CCC(=O)NCc1ccc(F)cc1)S(C)(=O)=O. The summed E-state index contributed by atoms with van der Waals surface area (Å²) in [5.41, 5.74) is 0.791. The van der Waals surface area contributed by atoms with Crippen molar-refractivity contribution in [2.45, 2.75) is 33.2 Å². The van der Waals surface area contributed by atoms with Crippen molar-refractivity contribution >= 4 is 15.9 Å². The van der Waals surface area contributed by atoms with E-state index in [9.17, 15) is 17.6 Å². The summed E-state index contributed by atoms with van der Waals surface area (Å²) in [4.78, 5) is 11.8. The van der Waals surface area contributed by atoms with E-state index in [1.807, 2.05) is 13.8 Å². The lowest BCUT2D eigenvalue weighted by atomic mass is 10.1. The van der Waals surface area contributed by atoms with Crippen LogP contribution < -0.4 is 5.32 Å². The van der Waals surface area contributed by atoms with Gasteiger partial charge in [-0.25, -0.2) is 17.1 Å². The van der Waals surface area contributed by atoms with E-state index in [-0.39, 0.29) is 24.7 Å². The number of amides is 1. The molecule has 1 aromatic carbocycles. The molecule has 0 heterocycles. The third kappa shape index (κ3) is 8.08. The van der Waals surface area contributed by atoms with Gasteiger partial charge in [0.25, 0.3) is 0 Å². The van der Waals surface area contributed by atoms with Gasteiger partial charge < -0.3 is 5.32 Å². The Hall–Kier alpha value is -1.47. The third-order valence-electron chi connectivity index (χ3n) is 3.42. The molecule has 0 radical (unpaired) electrons. The first-order valence-electron chi connectivity index (χ1n) is 7.64. The van der Waals surface area contributed by atoms with Crippen molar-refractivity contribution < 1.29 is 17.6 Å². The van der Waals surface area contributed by atoms with Gasteiger partial charge >= 0.3 is 0 Å². The zero-order valence-corrected chi connectivity index (χ0v) is 14.7. The minimum absolute atomic E-state index is 0.104. The van der Waals surface area contributed by atoms with Gasteiger partial charge in [0.2, 0.25) is 15.9 Å².